The first-order valence-corrected chi connectivity index (χ1v) is 5.49. The van der Waals surface area contributed by atoms with Gasteiger partial charge in [0.2, 0.25) is 0 Å². The van der Waals surface area contributed by atoms with Crippen LogP contribution >= 0.6 is 12.4 Å². The lowest BCUT2D eigenvalue weighted by atomic mass is 9.98. The van der Waals surface area contributed by atoms with E-state index in [0.29, 0.717) is 11.8 Å². The molecule has 3 nitrogen and oxygen atoms in total. The topological polar surface area (TPSA) is 38.1 Å². The fourth-order valence-corrected chi connectivity index (χ4v) is 3.06. The molecule has 2 aromatic rings. The van der Waals surface area contributed by atoms with Gasteiger partial charge in [-0.05, 0) is 41.5 Å². The molecule has 16 heavy (non-hydrogen) atoms. The second kappa shape index (κ2) is 3.47. The standard InChI is InChI=1S/C12H12N2O.ClH/c1-7-4-13-5-8(1)10-3-12-11(2-9(7)10)14-6-15-12;/h2-3,6-8,13H,1,4-5H2;1H. The maximum Gasteiger partial charge on any atom is 0.181 e. The molecule has 1 fully saturated rings. The zero-order valence-electron chi connectivity index (χ0n) is 8.77. The van der Waals surface area contributed by atoms with E-state index in [2.05, 4.69) is 22.4 Å². The van der Waals surface area contributed by atoms with Gasteiger partial charge >= 0.3 is 0 Å². The highest BCUT2D eigenvalue weighted by Gasteiger charge is 2.34. The van der Waals surface area contributed by atoms with Crippen molar-refractivity contribution in [2.45, 2.75) is 18.3 Å². The van der Waals surface area contributed by atoms with Crippen molar-refractivity contribution in [2.24, 2.45) is 0 Å². The molecule has 2 heterocycles. The average molecular weight is 237 g/mol. The van der Waals surface area contributed by atoms with Crippen molar-refractivity contribution in [3.05, 3.63) is 29.7 Å². The molecule has 0 amide bonds. The number of nitrogens with one attached hydrogen (secondary N) is 1. The van der Waals surface area contributed by atoms with Crippen LogP contribution < -0.4 is 5.32 Å². The molecule has 2 unspecified atom stereocenters. The molecule has 0 spiro atoms. The third kappa shape index (κ3) is 1.22. The minimum Gasteiger partial charge on any atom is -0.443 e. The van der Waals surface area contributed by atoms with Crippen molar-refractivity contribution in [3.8, 4) is 0 Å². The first-order chi connectivity index (χ1) is 7.42. The zero-order chi connectivity index (χ0) is 9.83. The van der Waals surface area contributed by atoms with Crippen LogP contribution in [0.15, 0.2) is 22.9 Å². The number of halogens is 1. The van der Waals surface area contributed by atoms with E-state index in [9.17, 15) is 0 Å². The highest BCUT2D eigenvalue weighted by molar-refractivity contribution is 5.85. The van der Waals surface area contributed by atoms with E-state index >= 15 is 0 Å². The van der Waals surface area contributed by atoms with Crippen LogP contribution in [0.4, 0.5) is 0 Å². The molecule has 2 bridgehead atoms. The highest BCUT2D eigenvalue weighted by atomic mass is 35.5. The Morgan fingerprint density at radius 3 is 2.75 bits per heavy atom. The van der Waals surface area contributed by atoms with Gasteiger partial charge in [0.15, 0.2) is 12.0 Å². The molecule has 2 aliphatic rings. The molecule has 1 N–H and O–H groups in total. The van der Waals surface area contributed by atoms with Gasteiger partial charge in [-0.25, -0.2) is 4.98 Å². The predicted octanol–water partition coefficient (Wildman–Crippen LogP) is 2.42. The van der Waals surface area contributed by atoms with Crippen LogP contribution in [0.2, 0.25) is 0 Å². The van der Waals surface area contributed by atoms with E-state index in [1.54, 1.807) is 0 Å². The molecule has 1 saturated heterocycles. The highest BCUT2D eigenvalue weighted by Crippen LogP contribution is 2.44. The maximum absolute atomic E-state index is 5.36. The average Bonchev–Trinajstić information content (AvgIpc) is 2.82. The molecular weight excluding hydrogens is 224 g/mol. The van der Waals surface area contributed by atoms with Gasteiger partial charge in [0.25, 0.3) is 0 Å². The van der Waals surface area contributed by atoms with Crippen LogP contribution in [0.5, 0.6) is 0 Å². The van der Waals surface area contributed by atoms with Gasteiger partial charge in [-0.2, -0.15) is 0 Å². The van der Waals surface area contributed by atoms with Gasteiger partial charge in [-0.3, -0.25) is 0 Å². The Morgan fingerprint density at radius 1 is 1.19 bits per heavy atom. The third-order valence-corrected chi connectivity index (χ3v) is 3.77. The lowest BCUT2D eigenvalue weighted by Gasteiger charge is -2.19. The van der Waals surface area contributed by atoms with E-state index in [4.69, 9.17) is 4.42 Å². The monoisotopic (exact) mass is 236 g/mol. The Bertz CT molecular complexity index is 493. The van der Waals surface area contributed by atoms with E-state index in [0.717, 1.165) is 24.2 Å². The number of rotatable bonds is 0. The van der Waals surface area contributed by atoms with Crippen molar-refractivity contribution in [2.75, 3.05) is 13.1 Å². The molecule has 4 heteroatoms. The lowest BCUT2D eigenvalue weighted by molar-refractivity contribution is 0.453. The summed E-state index contributed by atoms with van der Waals surface area (Å²) in [4.78, 5) is 4.22. The minimum absolute atomic E-state index is 0. The van der Waals surface area contributed by atoms with E-state index in [-0.39, 0.29) is 12.4 Å². The van der Waals surface area contributed by atoms with Gasteiger partial charge in [0.1, 0.15) is 5.52 Å². The van der Waals surface area contributed by atoms with Crippen LogP contribution in [-0.4, -0.2) is 18.1 Å². The predicted molar refractivity (Wildman–Crippen MR) is 64.2 cm³/mol. The molecule has 0 radical (unpaired) electrons. The van der Waals surface area contributed by atoms with E-state index in [1.165, 1.54) is 23.9 Å². The van der Waals surface area contributed by atoms with Gasteiger partial charge in [0, 0.05) is 13.1 Å². The summed E-state index contributed by atoms with van der Waals surface area (Å²) in [5.41, 5.74) is 4.91. The van der Waals surface area contributed by atoms with Crippen LogP contribution in [0.3, 0.4) is 0 Å². The summed E-state index contributed by atoms with van der Waals surface area (Å²) in [7, 11) is 0. The smallest absolute Gasteiger partial charge is 0.181 e. The quantitative estimate of drug-likeness (QED) is 0.764. The van der Waals surface area contributed by atoms with Crippen molar-refractivity contribution in [1.29, 1.82) is 0 Å². The fraction of sp³-hybridized carbons (Fsp3) is 0.417. The largest absolute Gasteiger partial charge is 0.443 e. The number of hydrogen-bond donors (Lipinski definition) is 1. The van der Waals surface area contributed by atoms with Crippen LogP contribution in [0.25, 0.3) is 11.1 Å². The van der Waals surface area contributed by atoms with E-state index in [1.807, 2.05) is 0 Å². The number of fused-ring (bicyclic) bond motifs is 6. The Labute approximate surface area is 99.6 Å². The zero-order valence-corrected chi connectivity index (χ0v) is 9.59. The summed E-state index contributed by atoms with van der Waals surface area (Å²) in [5.74, 6) is 1.38. The first-order valence-electron chi connectivity index (χ1n) is 5.49. The van der Waals surface area contributed by atoms with Gasteiger partial charge in [-0.15, -0.1) is 12.4 Å². The summed E-state index contributed by atoms with van der Waals surface area (Å²) < 4.78 is 5.36. The van der Waals surface area contributed by atoms with E-state index < -0.39 is 0 Å². The van der Waals surface area contributed by atoms with Crippen molar-refractivity contribution >= 4 is 23.5 Å². The van der Waals surface area contributed by atoms with Crippen LogP contribution in [-0.2, 0) is 0 Å². The minimum atomic E-state index is 0. The molecule has 2 atom stereocenters. The summed E-state index contributed by atoms with van der Waals surface area (Å²) in [5, 5.41) is 3.49. The number of oxazole rings is 1. The third-order valence-electron chi connectivity index (χ3n) is 3.77. The second-order valence-electron chi connectivity index (χ2n) is 4.59. The van der Waals surface area contributed by atoms with Crippen molar-refractivity contribution in [3.63, 3.8) is 0 Å². The molecule has 1 aliphatic carbocycles. The summed E-state index contributed by atoms with van der Waals surface area (Å²) in [6.07, 6.45) is 2.84. The molecule has 84 valence electrons. The molecule has 1 aromatic carbocycles. The van der Waals surface area contributed by atoms with Gasteiger partial charge in [-0.1, -0.05) is 0 Å². The Hall–Kier alpha value is -1.06. The number of piperidine rings is 1. The fourth-order valence-electron chi connectivity index (χ4n) is 3.06. The Balaban J connectivity index is 0.000000810. The number of aromatic nitrogens is 1. The molecule has 4 rings (SSSR count). The molecule has 0 saturated carbocycles. The molecule has 1 aliphatic heterocycles. The van der Waals surface area contributed by atoms with Crippen LogP contribution in [0, 0.1) is 0 Å². The number of benzene rings is 1. The van der Waals surface area contributed by atoms with Gasteiger partial charge in [0.05, 0.1) is 0 Å². The number of hydrogen-bond acceptors (Lipinski definition) is 3. The summed E-state index contributed by atoms with van der Waals surface area (Å²) in [6.45, 7) is 2.23. The van der Waals surface area contributed by atoms with Crippen molar-refractivity contribution < 1.29 is 4.42 Å². The lowest BCUT2D eigenvalue weighted by Crippen LogP contribution is -2.28. The second-order valence-corrected chi connectivity index (χ2v) is 4.59. The first kappa shape index (κ1) is 10.1. The SMILES string of the molecule is Cl.c1nc2cc3c(cc2o1)C1CNCC3C1. The Morgan fingerprint density at radius 2 is 1.94 bits per heavy atom. The van der Waals surface area contributed by atoms with Crippen LogP contribution in [0.1, 0.15) is 29.4 Å². The number of nitrogens with zero attached hydrogens (tertiary/aromatic N) is 1. The van der Waals surface area contributed by atoms with Crippen molar-refractivity contribution in [1.82, 2.24) is 10.3 Å². The summed E-state index contributed by atoms with van der Waals surface area (Å²) >= 11 is 0. The van der Waals surface area contributed by atoms with Gasteiger partial charge < -0.3 is 9.73 Å². The normalized spacial score (nSPS) is 26.5. The molecular formula is C12H13ClN2O. The summed E-state index contributed by atoms with van der Waals surface area (Å²) in [6, 6.07) is 4.40. The maximum atomic E-state index is 5.36. The molecule has 1 aromatic heterocycles. The Kier molecular flexibility index (Phi) is 2.19.